The zero-order chi connectivity index (χ0) is 10.3. The van der Waals surface area contributed by atoms with Crippen molar-refractivity contribution >= 4 is 17.2 Å². The first-order valence-corrected chi connectivity index (χ1v) is 4.53. The second kappa shape index (κ2) is 2.94. The molecule has 3 heteroatoms. The molecule has 0 aromatic heterocycles. The number of carbonyl (C=O) groups is 1. The van der Waals surface area contributed by atoms with E-state index >= 15 is 0 Å². The smallest absolute Gasteiger partial charge is 0.233 e. The lowest BCUT2D eigenvalue weighted by Crippen LogP contribution is -2.26. The normalized spacial score (nSPS) is 15.7. The zero-order valence-corrected chi connectivity index (χ0v) is 8.20. The van der Waals surface area contributed by atoms with Crippen LogP contribution in [0.15, 0.2) is 18.2 Å². The summed E-state index contributed by atoms with van der Waals surface area (Å²) in [5, 5.41) is 11.6. The van der Waals surface area contributed by atoms with E-state index in [4.69, 9.17) is 0 Å². The molecule has 0 saturated heterocycles. The van der Waals surface area contributed by atoms with E-state index in [-0.39, 0.29) is 11.5 Å². The van der Waals surface area contributed by atoms with Crippen LogP contribution in [-0.4, -0.2) is 16.2 Å². The van der Waals surface area contributed by atoms with Crippen molar-refractivity contribution in [1.82, 2.24) is 0 Å². The Hall–Kier alpha value is -1.64. The monoisotopic (exact) mass is 189 g/mol. The molecule has 1 aliphatic heterocycles. The molecule has 0 bridgehead atoms. The van der Waals surface area contributed by atoms with Crippen molar-refractivity contribution in [3.05, 3.63) is 34.5 Å². The van der Waals surface area contributed by atoms with Gasteiger partial charge in [-0.05, 0) is 13.0 Å². The summed E-state index contributed by atoms with van der Waals surface area (Å²) in [6.45, 7) is 3.52. The lowest BCUT2D eigenvalue weighted by molar-refractivity contribution is -0.362. The number of hydrogen-bond acceptors (Lipinski definition) is 2. The Balaban J connectivity index is 2.65. The van der Waals surface area contributed by atoms with Crippen LogP contribution in [0.2, 0.25) is 0 Å². The second-order valence-electron chi connectivity index (χ2n) is 3.61. The Morgan fingerprint density at radius 1 is 1.36 bits per heavy atom. The highest BCUT2D eigenvalue weighted by molar-refractivity contribution is 6.38. The Morgan fingerprint density at radius 2 is 2.07 bits per heavy atom. The molecule has 0 atom stereocenters. The fourth-order valence-electron chi connectivity index (χ4n) is 1.65. The van der Waals surface area contributed by atoms with Gasteiger partial charge in [-0.3, -0.25) is 4.79 Å². The first-order valence-electron chi connectivity index (χ1n) is 4.53. The molecule has 0 spiro atoms. The third-order valence-corrected chi connectivity index (χ3v) is 2.51. The van der Waals surface area contributed by atoms with Crippen molar-refractivity contribution in [2.75, 3.05) is 0 Å². The van der Waals surface area contributed by atoms with E-state index in [0.717, 1.165) is 15.9 Å². The van der Waals surface area contributed by atoms with Crippen LogP contribution < -0.4 is 0 Å². The van der Waals surface area contributed by atoms with Crippen LogP contribution in [0.1, 0.15) is 18.1 Å². The van der Waals surface area contributed by atoms with Crippen LogP contribution in [0.25, 0.3) is 0 Å². The van der Waals surface area contributed by atoms with Crippen LogP contribution in [0, 0.1) is 12.1 Å². The third-order valence-electron chi connectivity index (χ3n) is 2.51. The van der Waals surface area contributed by atoms with Gasteiger partial charge >= 0.3 is 0 Å². The predicted molar refractivity (Wildman–Crippen MR) is 53.9 cm³/mol. The lowest BCUT2D eigenvalue weighted by atomic mass is 9.99. The Bertz CT molecular complexity index is 447. The molecule has 0 saturated carbocycles. The number of fused-ring (bicyclic) bond motifs is 1. The number of hydrogen-bond donors (Lipinski definition) is 0. The average Bonchev–Trinajstić information content (AvgIpc) is 2.14. The summed E-state index contributed by atoms with van der Waals surface area (Å²) in [5.74, 6) is -0.0851. The number of benzene rings is 1. The van der Waals surface area contributed by atoms with Crippen molar-refractivity contribution in [3.63, 3.8) is 0 Å². The molecule has 0 amide bonds. The number of Topliss-reactive ketones (excluding diaryl/α,β-unsaturated/α-hetero) is 1. The molecule has 1 aromatic carbocycles. The van der Waals surface area contributed by atoms with Crippen molar-refractivity contribution in [3.8, 4) is 0 Å². The number of nitrogens with zero attached hydrogens (tertiary/aromatic N) is 1. The van der Waals surface area contributed by atoms with Crippen molar-refractivity contribution in [2.45, 2.75) is 20.3 Å². The van der Waals surface area contributed by atoms with Crippen molar-refractivity contribution in [1.29, 1.82) is 0 Å². The maximum absolute atomic E-state index is 11.6. The molecule has 1 aliphatic rings. The van der Waals surface area contributed by atoms with Gasteiger partial charge in [-0.2, -0.15) is 4.74 Å². The minimum absolute atomic E-state index is 0.0851. The quantitative estimate of drug-likeness (QED) is 0.460. The van der Waals surface area contributed by atoms with E-state index in [1.807, 2.05) is 19.1 Å². The maximum Gasteiger partial charge on any atom is 0.233 e. The molecule has 1 heterocycles. The highest BCUT2D eigenvalue weighted by Crippen LogP contribution is 2.24. The predicted octanol–water partition coefficient (Wildman–Crippen LogP) is 1.72. The fraction of sp³-hybridized carbons (Fsp3) is 0.273. The van der Waals surface area contributed by atoms with Crippen LogP contribution in [0.3, 0.4) is 0 Å². The van der Waals surface area contributed by atoms with Gasteiger partial charge in [0.2, 0.25) is 17.2 Å². The molecule has 0 N–H and O–H groups in total. The minimum atomic E-state index is -0.0851. The topological polar surface area (TPSA) is 43.1 Å². The molecule has 0 fully saturated rings. The summed E-state index contributed by atoms with van der Waals surface area (Å²) in [4.78, 5) is 11.4. The first kappa shape index (κ1) is 8.94. The van der Waals surface area contributed by atoms with E-state index in [9.17, 15) is 10.0 Å². The van der Waals surface area contributed by atoms with Gasteiger partial charge in [0.25, 0.3) is 0 Å². The molecular formula is C11H11NO2. The van der Waals surface area contributed by atoms with Crippen molar-refractivity contribution in [2.24, 2.45) is 0 Å². The van der Waals surface area contributed by atoms with Gasteiger partial charge in [0, 0.05) is 25.0 Å². The van der Waals surface area contributed by atoms with Crippen LogP contribution in [-0.2, 0) is 11.2 Å². The van der Waals surface area contributed by atoms with Gasteiger partial charge in [0.15, 0.2) is 0 Å². The molecular weight excluding hydrogens is 178 g/mol. The Kier molecular flexibility index (Phi) is 1.88. The van der Waals surface area contributed by atoms with Crippen LogP contribution in [0.4, 0.5) is 5.69 Å². The number of rotatable bonds is 0. The molecule has 2 rings (SSSR count). The second-order valence-corrected chi connectivity index (χ2v) is 3.61. The number of aryl methyl sites for hydroxylation is 1. The van der Waals surface area contributed by atoms with E-state index in [1.165, 1.54) is 0 Å². The molecule has 0 unspecified atom stereocenters. The Labute approximate surface area is 82.3 Å². The van der Waals surface area contributed by atoms with Crippen LogP contribution in [0.5, 0.6) is 0 Å². The summed E-state index contributed by atoms with van der Waals surface area (Å²) >= 11 is 0. The van der Waals surface area contributed by atoms with E-state index in [2.05, 4.69) is 0 Å². The summed E-state index contributed by atoms with van der Waals surface area (Å²) < 4.78 is 0.723. The Morgan fingerprint density at radius 3 is 2.79 bits per heavy atom. The molecule has 3 nitrogen and oxygen atoms in total. The SMILES string of the molecule is CC1=[N+]([O-])c2ccc(C)cc2CC1=O. The van der Waals surface area contributed by atoms with Gasteiger partial charge in [-0.1, -0.05) is 11.6 Å². The zero-order valence-electron chi connectivity index (χ0n) is 8.20. The molecule has 1 aromatic rings. The van der Waals surface area contributed by atoms with Gasteiger partial charge in [-0.15, -0.1) is 0 Å². The van der Waals surface area contributed by atoms with Crippen LogP contribution >= 0.6 is 0 Å². The molecule has 0 radical (unpaired) electrons. The fourth-order valence-corrected chi connectivity index (χ4v) is 1.65. The minimum Gasteiger partial charge on any atom is -0.618 e. The summed E-state index contributed by atoms with van der Waals surface area (Å²) in [6.07, 6.45) is 0.349. The van der Waals surface area contributed by atoms with Crippen molar-refractivity contribution < 1.29 is 9.53 Å². The number of carbonyl (C=O) groups excluding carboxylic acids is 1. The van der Waals surface area contributed by atoms with Gasteiger partial charge < -0.3 is 5.21 Å². The standard InChI is InChI=1S/C11H11NO2/c1-7-3-4-10-9(5-7)6-11(13)8(2)12(10)14/h3-5H,6H2,1-2H3. The average molecular weight is 189 g/mol. The molecule has 14 heavy (non-hydrogen) atoms. The van der Waals surface area contributed by atoms with E-state index < -0.39 is 0 Å². The van der Waals surface area contributed by atoms with E-state index in [0.29, 0.717) is 12.1 Å². The van der Waals surface area contributed by atoms with E-state index in [1.54, 1.807) is 13.0 Å². The number of ketones is 1. The van der Waals surface area contributed by atoms with Gasteiger partial charge in [-0.25, -0.2) is 0 Å². The summed E-state index contributed by atoms with van der Waals surface area (Å²) in [6, 6.07) is 5.55. The van der Waals surface area contributed by atoms with Gasteiger partial charge in [0.05, 0.1) is 0 Å². The summed E-state index contributed by atoms with van der Waals surface area (Å²) in [7, 11) is 0. The molecule has 0 aliphatic carbocycles. The maximum atomic E-state index is 11.6. The molecule has 72 valence electrons. The largest absolute Gasteiger partial charge is 0.618 e. The summed E-state index contributed by atoms with van der Waals surface area (Å²) in [5.41, 5.74) is 2.79. The highest BCUT2D eigenvalue weighted by Gasteiger charge is 2.26. The lowest BCUT2D eigenvalue weighted by Gasteiger charge is -2.15. The van der Waals surface area contributed by atoms with Gasteiger partial charge in [0.1, 0.15) is 0 Å². The first-order chi connectivity index (χ1) is 6.59. The third kappa shape index (κ3) is 1.21. The highest BCUT2D eigenvalue weighted by atomic mass is 16.5.